The maximum Gasteiger partial charge on any atom is 0.254 e. The Balaban J connectivity index is 2.74. The first-order valence-corrected chi connectivity index (χ1v) is 5.11. The number of aromatic nitrogens is 1. The molecule has 5 nitrogen and oxygen atoms in total. The van der Waals surface area contributed by atoms with E-state index in [-0.39, 0.29) is 17.9 Å². The number of ether oxygens (including phenoxy) is 1. The summed E-state index contributed by atoms with van der Waals surface area (Å²) >= 11 is 0. The predicted octanol–water partition coefficient (Wildman–Crippen LogP) is 0.958. The van der Waals surface area contributed by atoms with Crippen molar-refractivity contribution >= 4 is 11.7 Å². The van der Waals surface area contributed by atoms with E-state index in [2.05, 4.69) is 10.3 Å². The van der Waals surface area contributed by atoms with Crippen molar-refractivity contribution in [2.45, 2.75) is 19.4 Å². The molecule has 0 saturated carbocycles. The molecule has 17 heavy (non-hydrogen) atoms. The highest BCUT2D eigenvalue weighted by Gasteiger charge is 2.20. The maximum absolute atomic E-state index is 13.5. The van der Waals surface area contributed by atoms with Crippen LogP contribution in [0.2, 0.25) is 0 Å². The molecule has 3 N–H and O–H groups in total. The molecule has 0 unspecified atom stereocenters. The number of anilines is 1. The summed E-state index contributed by atoms with van der Waals surface area (Å²) in [6.07, 6.45) is 1.29. The third kappa shape index (κ3) is 3.39. The van der Waals surface area contributed by atoms with Gasteiger partial charge in [-0.3, -0.25) is 4.79 Å². The van der Waals surface area contributed by atoms with Crippen molar-refractivity contribution in [3.63, 3.8) is 0 Å². The minimum Gasteiger partial charge on any atom is -0.381 e. The first-order chi connectivity index (χ1) is 7.87. The molecule has 1 heterocycles. The zero-order valence-corrected chi connectivity index (χ0v) is 10.1. The predicted molar refractivity (Wildman–Crippen MR) is 62.0 cm³/mol. The quantitative estimate of drug-likeness (QED) is 0.823. The largest absolute Gasteiger partial charge is 0.381 e. The Bertz CT molecular complexity index is 421. The summed E-state index contributed by atoms with van der Waals surface area (Å²) in [6, 6.07) is 1.28. The highest BCUT2D eigenvalue weighted by atomic mass is 19.1. The fourth-order valence-electron chi connectivity index (χ4n) is 1.10. The molecular weight excluding hydrogens is 225 g/mol. The van der Waals surface area contributed by atoms with Crippen LogP contribution in [0.25, 0.3) is 0 Å². The van der Waals surface area contributed by atoms with Gasteiger partial charge in [-0.05, 0) is 19.9 Å². The number of nitrogens with zero attached hydrogens (tertiary/aromatic N) is 1. The second-order valence-corrected chi connectivity index (χ2v) is 4.20. The van der Waals surface area contributed by atoms with E-state index in [1.165, 1.54) is 19.4 Å². The summed E-state index contributed by atoms with van der Waals surface area (Å²) in [6.45, 7) is 3.89. The lowest BCUT2D eigenvalue weighted by molar-refractivity contribution is 0.0228. The topological polar surface area (TPSA) is 77.2 Å². The number of nitrogens with two attached hydrogens (primary N) is 1. The molecule has 1 rings (SSSR count). The van der Waals surface area contributed by atoms with Crippen LogP contribution in [-0.2, 0) is 4.74 Å². The molecular formula is C11H16FN3O2. The van der Waals surface area contributed by atoms with E-state index in [9.17, 15) is 9.18 Å². The van der Waals surface area contributed by atoms with E-state index in [0.29, 0.717) is 0 Å². The Labute approximate surface area is 99.2 Å². The van der Waals surface area contributed by atoms with Crippen molar-refractivity contribution < 1.29 is 13.9 Å². The molecule has 0 atom stereocenters. The Kier molecular flexibility index (Phi) is 4.01. The van der Waals surface area contributed by atoms with Crippen LogP contribution in [-0.4, -0.2) is 30.1 Å². The number of pyridine rings is 1. The van der Waals surface area contributed by atoms with E-state index in [1.54, 1.807) is 0 Å². The molecule has 1 amide bonds. The van der Waals surface area contributed by atoms with Crippen LogP contribution < -0.4 is 11.1 Å². The fraction of sp³-hybridized carbons (Fsp3) is 0.455. The second-order valence-electron chi connectivity index (χ2n) is 4.20. The second kappa shape index (κ2) is 5.09. The highest BCUT2D eigenvalue weighted by molar-refractivity contribution is 5.95. The SMILES string of the molecule is COC(C)(C)CNC(=O)c1ccnc(N)c1F. The molecule has 0 aromatic carbocycles. The number of hydrogen-bond acceptors (Lipinski definition) is 4. The monoisotopic (exact) mass is 241 g/mol. The van der Waals surface area contributed by atoms with Crippen molar-refractivity contribution in [3.8, 4) is 0 Å². The molecule has 0 aliphatic carbocycles. The van der Waals surface area contributed by atoms with Gasteiger partial charge in [0.25, 0.3) is 5.91 Å². The van der Waals surface area contributed by atoms with Crippen molar-refractivity contribution in [2.75, 3.05) is 19.4 Å². The van der Waals surface area contributed by atoms with Gasteiger partial charge in [0.2, 0.25) is 0 Å². The van der Waals surface area contributed by atoms with Gasteiger partial charge in [-0.15, -0.1) is 0 Å². The van der Waals surface area contributed by atoms with Gasteiger partial charge in [-0.2, -0.15) is 0 Å². The van der Waals surface area contributed by atoms with Crippen LogP contribution in [0.4, 0.5) is 10.2 Å². The van der Waals surface area contributed by atoms with Gasteiger partial charge < -0.3 is 15.8 Å². The third-order valence-electron chi connectivity index (χ3n) is 2.39. The summed E-state index contributed by atoms with van der Waals surface area (Å²) in [4.78, 5) is 15.2. The van der Waals surface area contributed by atoms with Gasteiger partial charge in [0, 0.05) is 19.9 Å². The van der Waals surface area contributed by atoms with Crippen LogP contribution >= 0.6 is 0 Å². The fourth-order valence-corrected chi connectivity index (χ4v) is 1.10. The Hall–Kier alpha value is -1.69. The van der Waals surface area contributed by atoms with Crippen molar-refractivity contribution in [3.05, 3.63) is 23.6 Å². The number of halogens is 1. The Morgan fingerprint density at radius 3 is 2.88 bits per heavy atom. The van der Waals surface area contributed by atoms with Gasteiger partial charge in [0.1, 0.15) is 0 Å². The molecule has 0 bridgehead atoms. The van der Waals surface area contributed by atoms with Crippen molar-refractivity contribution in [1.82, 2.24) is 10.3 Å². The lowest BCUT2D eigenvalue weighted by Crippen LogP contribution is -2.40. The van der Waals surface area contributed by atoms with E-state index in [0.717, 1.165) is 0 Å². The molecule has 0 aliphatic rings. The molecule has 0 saturated heterocycles. The zero-order chi connectivity index (χ0) is 13.1. The molecule has 1 aromatic heterocycles. The number of carbonyl (C=O) groups is 1. The van der Waals surface area contributed by atoms with Gasteiger partial charge in [-0.1, -0.05) is 0 Å². The minimum absolute atomic E-state index is 0.121. The summed E-state index contributed by atoms with van der Waals surface area (Å²) in [5.41, 5.74) is 4.65. The number of methoxy groups -OCH3 is 1. The normalized spacial score (nSPS) is 11.3. The number of rotatable bonds is 4. The first-order valence-electron chi connectivity index (χ1n) is 5.11. The summed E-state index contributed by atoms with van der Waals surface area (Å²) < 4.78 is 18.6. The number of nitrogen functional groups attached to an aromatic ring is 1. The van der Waals surface area contributed by atoms with Gasteiger partial charge in [0.05, 0.1) is 11.2 Å². The minimum atomic E-state index is -0.805. The first kappa shape index (κ1) is 13.4. The van der Waals surface area contributed by atoms with Gasteiger partial charge in [-0.25, -0.2) is 9.37 Å². The molecule has 0 aliphatic heterocycles. The average molecular weight is 241 g/mol. The average Bonchev–Trinajstić information content (AvgIpc) is 2.30. The lowest BCUT2D eigenvalue weighted by Gasteiger charge is -2.23. The Morgan fingerprint density at radius 2 is 2.29 bits per heavy atom. The molecule has 94 valence electrons. The van der Waals surface area contributed by atoms with Gasteiger partial charge in [0.15, 0.2) is 11.6 Å². The van der Waals surface area contributed by atoms with E-state index in [1.807, 2.05) is 13.8 Å². The van der Waals surface area contributed by atoms with Crippen LogP contribution in [0.15, 0.2) is 12.3 Å². The van der Waals surface area contributed by atoms with E-state index in [4.69, 9.17) is 10.5 Å². The smallest absolute Gasteiger partial charge is 0.254 e. The molecule has 1 aromatic rings. The van der Waals surface area contributed by atoms with Crippen LogP contribution in [0.1, 0.15) is 24.2 Å². The number of carbonyl (C=O) groups excluding carboxylic acids is 1. The standard InChI is InChI=1S/C11H16FN3O2/c1-11(2,17-3)6-15-10(16)7-4-5-14-9(13)8(7)12/h4-5H,6H2,1-3H3,(H2,13,14)(H,15,16). The van der Waals surface area contributed by atoms with Gasteiger partial charge >= 0.3 is 0 Å². The van der Waals surface area contributed by atoms with E-state index >= 15 is 0 Å². The lowest BCUT2D eigenvalue weighted by atomic mass is 10.1. The molecule has 0 fully saturated rings. The molecule has 0 radical (unpaired) electrons. The van der Waals surface area contributed by atoms with Crippen LogP contribution in [0, 0.1) is 5.82 Å². The Morgan fingerprint density at radius 1 is 1.65 bits per heavy atom. The van der Waals surface area contributed by atoms with Crippen LogP contribution in [0.3, 0.4) is 0 Å². The van der Waals surface area contributed by atoms with E-state index < -0.39 is 17.3 Å². The summed E-state index contributed by atoms with van der Waals surface area (Å²) in [5, 5.41) is 2.57. The molecule has 6 heteroatoms. The van der Waals surface area contributed by atoms with Crippen molar-refractivity contribution in [1.29, 1.82) is 0 Å². The third-order valence-corrected chi connectivity index (χ3v) is 2.39. The zero-order valence-electron chi connectivity index (χ0n) is 10.1. The summed E-state index contributed by atoms with van der Waals surface area (Å²) in [5.74, 6) is -1.63. The maximum atomic E-state index is 13.5. The number of amides is 1. The highest BCUT2D eigenvalue weighted by Crippen LogP contribution is 2.12. The summed E-state index contributed by atoms with van der Waals surface area (Å²) in [7, 11) is 1.54. The number of hydrogen-bond donors (Lipinski definition) is 2. The number of nitrogens with one attached hydrogen (secondary N) is 1. The van der Waals surface area contributed by atoms with Crippen molar-refractivity contribution in [2.24, 2.45) is 0 Å². The molecule has 0 spiro atoms. The van der Waals surface area contributed by atoms with Crippen LogP contribution in [0.5, 0.6) is 0 Å².